The number of primary amides is 1. The highest BCUT2D eigenvalue weighted by Crippen LogP contribution is 2.52. The number of phenols is 1. The fourth-order valence-electron chi connectivity index (χ4n) is 6.40. The Balaban J connectivity index is 1.60. The number of alkyl halides is 3. The van der Waals surface area contributed by atoms with Gasteiger partial charge in [0, 0.05) is 11.5 Å². The van der Waals surface area contributed by atoms with Gasteiger partial charge in [-0.3, -0.25) is 19.3 Å². The number of nitrogens with zero attached hydrogens (tertiary/aromatic N) is 1. The van der Waals surface area contributed by atoms with Crippen LogP contribution in [-0.4, -0.2) is 68.5 Å². The van der Waals surface area contributed by atoms with Crippen LogP contribution in [0.4, 0.5) is 13.2 Å². The Bertz CT molecular complexity index is 1620. The lowest BCUT2D eigenvalue weighted by Crippen LogP contribution is -2.63. The van der Waals surface area contributed by atoms with Crippen molar-refractivity contribution < 1.29 is 48.0 Å². The number of hydrogen-bond donors (Lipinski definition) is 5. The average Bonchev–Trinajstić information content (AvgIpc) is 2.89. The van der Waals surface area contributed by atoms with Crippen molar-refractivity contribution in [2.75, 3.05) is 14.1 Å². The summed E-state index contributed by atoms with van der Waals surface area (Å²) in [4.78, 5) is 40.6. The number of likely N-dealkylation sites (N-methyl/N-ethyl adjacent to an activating group) is 1. The number of benzene rings is 2. The van der Waals surface area contributed by atoms with Crippen LogP contribution in [0.1, 0.15) is 39.0 Å². The molecule has 1 amide bonds. The normalized spacial score (nSPS) is 26.0. The van der Waals surface area contributed by atoms with Gasteiger partial charge >= 0.3 is 6.18 Å². The van der Waals surface area contributed by atoms with Gasteiger partial charge in [-0.1, -0.05) is 30.4 Å². The number of aliphatic hydroxyl groups excluding tert-OH is 2. The molecule has 0 radical (unpaired) electrons. The topological polar surface area (TPSA) is 161 Å². The van der Waals surface area contributed by atoms with E-state index >= 15 is 0 Å². The maximum Gasteiger partial charge on any atom is 0.416 e. The van der Waals surface area contributed by atoms with E-state index in [2.05, 4.69) is 0 Å². The van der Waals surface area contributed by atoms with E-state index in [0.29, 0.717) is 16.7 Å². The van der Waals surface area contributed by atoms with Crippen LogP contribution in [0, 0.1) is 11.8 Å². The predicted molar refractivity (Wildman–Crippen MR) is 144 cm³/mol. The number of allylic oxidation sites excluding steroid dienone is 1. The van der Waals surface area contributed by atoms with Gasteiger partial charge in [-0.15, -0.1) is 0 Å². The first-order valence-electron chi connectivity index (χ1n) is 12.9. The Morgan fingerprint density at radius 1 is 1.05 bits per heavy atom. The van der Waals surface area contributed by atoms with Crippen LogP contribution in [0.15, 0.2) is 59.1 Å². The Morgan fingerprint density at radius 3 is 2.26 bits per heavy atom. The number of carbonyl (C=O) groups excluding carboxylic acids is 3. The Morgan fingerprint density at radius 2 is 1.69 bits per heavy atom. The second-order valence-electron chi connectivity index (χ2n) is 10.9. The van der Waals surface area contributed by atoms with Gasteiger partial charge in [0.15, 0.2) is 11.4 Å². The quantitative estimate of drug-likeness (QED) is 0.270. The number of carbonyl (C=O) groups is 3. The number of aliphatic hydroxyl groups is 3. The van der Waals surface area contributed by atoms with Crippen LogP contribution in [0.25, 0.3) is 12.2 Å². The minimum absolute atomic E-state index is 0.0660. The highest BCUT2D eigenvalue weighted by Gasteiger charge is 2.63. The van der Waals surface area contributed by atoms with E-state index in [-0.39, 0.29) is 24.0 Å². The molecule has 0 aliphatic heterocycles. The van der Waals surface area contributed by atoms with Gasteiger partial charge in [0.1, 0.15) is 22.8 Å². The van der Waals surface area contributed by atoms with Gasteiger partial charge in [-0.2, -0.15) is 13.2 Å². The third kappa shape index (κ3) is 4.29. The van der Waals surface area contributed by atoms with E-state index in [1.165, 1.54) is 43.3 Å². The zero-order valence-corrected chi connectivity index (χ0v) is 22.4. The van der Waals surface area contributed by atoms with Crippen LogP contribution in [-0.2, 0) is 22.2 Å². The predicted octanol–water partition coefficient (Wildman–Crippen LogP) is 3.31. The molecule has 0 bridgehead atoms. The minimum Gasteiger partial charge on any atom is -0.510 e. The minimum atomic E-state index is -4.48. The first-order valence-corrected chi connectivity index (χ1v) is 12.9. The van der Waals surface area contributed by atoms with Crippen molar-refractivity contribution in [3.8, 4) is 5.75 Å². The van der Waals surface area contributed by atoms with Gasteiger partial charge < -0.3 is 26.2 Å². The number of hydrogen-bond acceptors (Lipinski definition) is 8. The van der Waals surface area contributed by atoms with Crippen molar-refractivity contribution in [3.63, 3.8) is 0 Å². The van der Waals surface area contributed by atoms with Crippen LogP contribution >= 0.6 is 0 Å². The van der Waals surface area contributed by atoms with Gasteiger partial charge in [0.05, 0.1) is 17.2 Å². The molecule has 4 atom stereocenters. The number of Topliss-reactive ketones (excluding diaryl/α,β-unsaturated/α-hetero) is 2. The number of rotatable bonds is 4. The summed E-state index contributed by atoms with van der Waals surface area (Å²) in [7, 11) is 3.07. The van der Waals surface area contributed by atoms with Gasteiger partial charge in [-0.25, -0.2) is 0 Å². The number of ketones is 2. The third-order valence-electron chi connectivity index (χ3n) is 8.34. The maximum atomic E-state index is 13.8. The Kier molecular flexibility index (Phi) is 6.82. The second-order valence-corrected chi connectivity index (χ2v) is 10.9. The van der Waals surface area contributed by atoms with Crippen molar-refractivity contribution >= 4 is 29.6 Å². The fourth-order valence-corrected chi connectivity index (χ4v) is 6.40. The van der Waals surface area contributed by atoms with Crippen molar-refractivity contribution in [1.82, 2.24) is 4.90 Å². The molecule has 6 N–H and O–H groups in total. The van der Waals surface area contributed by atoms with Gasteiger partial charge in [0.25, 0.3) is 5.91 Å². The first kappa shape index (κ1) is 29.1. The molecule has 42 heavy (non-hydrogen) atoms. The lowest BCUT2D eigenvalue weighted by Gasteiger charge is -2.50. The number of phenolic OH excluding ortho intramolecular Hbond substituents is 1. The molecule has 0 unspecified atom stereocenters. The zero-order chi connectivity index (χ0) is 30.9. The van der Waals surface area contributed by atoms with E-state index in [4.69, 9.17) is 5.73 Å². The van der Waals surface area contributed by atoms with Crippen molar-refractivity contribution in [2.24, 2.45) is 17.6 Å². The summed E-state index contributed by atoms with van der Waals surface area (Å²) >= 11 is 0. The standard InChI is InChI=1S/C30H27F3N2O7/c1-35(2)23-18-12-15-11-17-14(6-3-13-4-8-16(9-5-13)30(31,32)33)7-10-19(36)21(17)24(37)20(15)26(39)29(18,42)27(40)22(25(23)38)28(34)41/h3-10,15,18,23,36,38-39,42H,11-12H2,1-2H3,(H2,34,41)/b6-3+/t15-,18-,23-,29-/m0/s1. The highest BCUT2D eigenvalue weighted by atomic mass is 19.4. The molecule has 0 fully saturated rings. The monoisotopic (exact) mass is 584 g/mol. The molecule has 3 aliphatic carbocycles. The summed E-state index contributed by atoms with van der Waals surface area (Å²) in [6.45, 7) is 0. The summed E-state index contributed by atoms with van der Waals surface area (Å²) in [5, 5.41) is 44.5. The van der Waals surface area contributed by atoms with Gasteiger partial charge in [-0.05, 0) is 67.7 Å². The molecular formula is C30H27F3N2O7. The van der Waals surface area contributed by atoms with Crippen LogP contribution in [0.2, 0.25) is 0 Å². The van der Waals surface area contributed by atoms with Crippen molar-refractivity contribution in [2.45, 2.75) is 30.7 Å². The Labute approximate surface area is 237 Å². The van der Waals surface area contributed by atoms with E-state index in [9.17, 15) is 48.0 Å². The van der Waals surface area contributed by atoms with Gasteiger partial charge in [0.2, 0.25) is 5.78 Å². The molecule has 220 valence electrons. The Hall–Kier alpha value is -4.42. The summed E-state index contributed by atoms with van der Waals surface area (Å²) in [6, 6.07) is 6.15. The number of amides is 1. The summed E-state index contributed by atoms with van der Waals surface area (Å²) in [5.41, 5.74) is 1.80. The molecule has 2 aromatic carbocycles. The SMILES string of the molecule is CN(C)[C@@H]1C(O)=C(C(N)=O)C(=O)[C@@]2(O)C(O)=C3C(=O)c4c(O)ccc(/C=C/c5ccc(C(F)(F)F)cc5)c4C[C@H]3C[C@@H]12. The average molecular weight is 585 g/mol. The number of nitrogens with two attached hydrogens (primary N) is 1. The first-order chi connectivity index (χ1) is 19.6. The van der Waals surface area contributed by atoms with E-state index in [1.807, 2.05) is 0 Å². The van der Waals surface area contributed by atoms with E-state index in [0.717, 1.165) is 12.1 Å². The fraction of sp³-hybridized carbons (Fsp3) is 0.300. The summed E-state index contributed by atoms with van der Waals surface area (Å²) in [6.07, 6.45) is -1.33. The number of fused-ring (bicyclic) bond motifs is 3. The van der Waals surface area contributed by atoms with Crippen molar-refractivity contribution in [1.29, 1.82) is 0 Å². The molecule has 0 aromatic heterocycles. The number of halogens is 3. The summed E-state index contributed by atoms with van der Waals surface area (Å²) < 4.78 is 38.8. The lowest BCUT2D eigenvalue weighted by atomic mass is 9.58. The molecule has 12 heteroatoms. The summed E-state index contributed by atoms with van der Waals surface area (Å²) in [5.74, 6) is -7.42. The second kappa shape index (κ2) is 9.85. The molecule has 0 saturated carbocycles. The smallest absolute Gasteiger partial charge is 0.416 e. The largest absolute Gasteiger partial charge is 0.510 e. The molecule has 0 spiro atoms. The molecule has 9 nitrogen and oxygen atoms in total. The molecule has 5 rings (SSSR count). The van der Waals surface area contributed by atoms with Crippen LogP contribution in [0.5, 0.6) is 5.75 Å². The zero-order valence-electron chi connectivity index (χ0n) is 22.4. The molecule has 3 aliphatic rings. The van der Waals surface area contributed by atoms with Crippen molar-refractivity contribution in [3.05, 3.63) is 86.9 Å². The highest BCUT2D eigenvalue weighted by molar-refractivity contribution is 6.24. The van der Waals surface area contributed by atoms with Crippen LogP contribution < -0.4 is 5.73 Å². The lowest BCUT2D eigenvalue weighted by molar-refractivity contribution is -0.148. The number of aromatic hydroxyl groups is 1. The van der Waals surface area contributed by atoms with E-state index in [1.54, 1.807) is 12.2 Å². The molecule has 2 aromatic rings. The molecule has 0 heterocycles. The molecular weight excluding hydrogens is 557 g/mol. The third-order valence-corrected chi connectivity index (χ3v) is 8.34. The van der Waals surface area contributed by atoms with Crippen LogP contribution in [0.3, 0.4) is 0 Å². The maximum absolute atomic E-state index is 13.8. The molecule has 0 saturated heterocycles. The van der Waals surface area contributed by atoms with E-state index < -0.39 is 75.5 Å².